The van der Waals surface area contributed by atoms with Crippen LogP contribution in [0.3, 0.4) is 0 Å². The van der Waals surface area contributed by atoms with E-state index in [4.69, 9.17) is 9.47 Å². The number of nitrogens with one attached hydrogen (secondary N) is 2. The fourth-order valence-corrected chi connectivity index (χ4v) is 3.02. The van der Waals surface area contributed by atoms with Crippen molar-refractivity contribution in [1.82, 2.24) is 15.0 Å². The Hall–Kier alpha value is -3.72. The minimum absolute atomic E-state index is 0.0596. The van der Waals surface area contributed by atoms with Gasteiger partial charge in [0.05, 0.1) is 43.8 Å². The molecule has 0 aliphatic heterocycles. The molecule has 0 bridgehead atoms. The number of pyridine rings is 1. The van der Waals surface area contributed by atoms with Gasteiger partial charge in [0.1, 0.15) is 11.6 Å². The minimum atomic E-state index is -0.459. The van der Waals surface area contributed by atoms with Crippen LogP contribution in [-0.4, -0.2) is 52.9 Å². The van der Waals surface area contributed by atoms with Crippen molar-refractivity contribution in [2.75, 3.05) is 31.5 Å². The second-order valence-electron chi connectivity index (χ2n) is 7.41. The van der Waals surface area contributed by atoms with E-state index in [1.807, 2.05) is 26.0 Å². The number of hydrogen-bond donors (Lipinski definition) is 3. The van der Waals surface area contributed by atoms with Gasteiger partial charge < -0.3 is 25.2 Å². The van der Waals surface area contributed by atoms with E-state index < -0.39 is 5.97 Å². The number of methoxy groups -OCH3 is 2. The molecular formula is C23H27N5O4. The summed E-state index contributed by atoms with van der Waals surface area (Å²) in [5.41, 5.74) is 2.36. The van der Waals surface area contributed by atoms with Gasteiger partial charge in [-0.15, -0.1) is 0 Å². The Morgan fingerprint density at radius 1 is 1.16 bits per heavy atom. The molecule has 9 heteroatoms. The molecule has 0 saturated carbocycles. The first-order valence-corrected chi connectivity index (χ1v) is 10.2. The normalized spacial score (nSPS) is 11.7. The van der Waals surface area contributed by atoms with Crippen molar-refractivity contribution in [3.8, 4) is 17.0 Å². The number of hydrogen-bond acceptors (Lipinski definition) is 9. The highest BCUT2D eigenvalue weighted by atomic mass is 16.5. The molecular weight excluding hydrogens is 410 g/mol. The zero-order valence-corrected chi connectivity index (χ0v) is 18.5. The predicted molar refractivity (Wildman–Crippen MR) is 122 cm³/mol. The molecule has 3 aromatic rings. The number of nitrogens with zero attached hydrogens (tertiary/aromatic N) is 3. The lowest BCUT2D eigenvalue weighted by atomic mass is 10.1. The molecule has 2 aromatic heterocycles. The molecule has 168 valence electrons. The van der Waals surface area contributed by atoms with Crippen LogP contribution in [0.15, 0.2) is 48.8 Å². The SMILES string of the molecule is COC(=O)c1ccc(OC)c(Nc2cc(-c3cccnc3)nc(N[C@@H](CO)C(C)C)n2)c1. The Morgan fingerprint density at radius 3 is 2.59 bits per heavy atom. The van der Waals surface area contributed by atoms with Crippen LogP contribution in [0, 0.1) is 5.92 Å². The first kappa shape index (κ1) is 23.0. The fraction of sp³-hybridized carbons (Fsp3) is 0.304. The average Bonchev–Trinajstić information content (AvgIpc) is 2.82. The average molecular weight is 438 g/mol. The summed E-state index contributed by atoms with van der Waals surface area (Å²) >= 11 is 0. The molecule has 0 spiro atoms. The number of benzene rings is 1. The molecule has 0 amide bonds. The highest BCUT2D eigenvalue weighted by Gasteiger charge is 2.16. The summed E-state index contributed by atoms with van der Waals surface area (Å²) < 4.78 is 10.2. The van der Waals surface area contributed by atoms with E-state index in [2.05, 4.69) is 25.6 Å². The number of anilines is 3. The standard InChI is InChI=1S/C23H27N5O4/c1-14(2)19(13-29)27-23-26-17(16-6-5-9-24-12-16)11-21(28-23)25-18-10-15(22(30)32-4)7-8-20(18)31-3/h5-12,14,19,29H,13H2,1-4H3,(H2,25,26,27,28)/t19-/m0/s1. The van der Waals surface area contributed by atoms with Crippen LogP contribution in [0.2, 0.25) is 0 Å². The Bertz CT molecular complexity index is 1060. The maximum Gasteiger partial charge on any atom is 0.337 e. The molecule has 0 aliphatic carbocycles. The lowest BCUT2D eigenvalue weighted by Crippen LogP contribution is -2.30. The predicted octanol–water partition coefficient (Wildman–Crippen LogP) is 3.51. The van der Waals surface area contributed by atoms with Gasteiger partial charge in [-0.05, 0) is 36.2 Å². The summed E-state index contributed by atoms with van der Waals surface area (Å²) in [5, 5.41) is 16.1. The molecule has 1 atom stereocenters. The first-order valence-electron chi connectivity index (χ1n) is 10.2. The van der Waals surface area contributed by atoms with Crippen LogP contribution in [0.25, 0.3) is 11.3 Å². The number of aliphatic hydroxyl groups excluding tert-OH is 1. The van der Waals surface area contributed by atoms with Gasteiger partial charge in [0, 0.05) is 24.0 Å². The first-order chi connectivity index (χ1) is 15.4. The van der Waals surface area contributed by atoms with Gasteiger partial charge in [-0.3, -0.25) is 4.98 Å². The lowest BCUT2D eigenvalue weighted by Gasteiger charge is -2.21. The highest BCUT2D eigenvalue weighted by Crippen LogP contribution is 2.30. The van der Waals surface area contributed by atoms with Gasteiger partial charge in [-0.2, -0.15) is 4.98 Å². The zero-order chi connectivity index (χ0) is 23.1. The topological polar surface area (TPSA) is 118 Å². The Morgan fingerprint density at radius 2 is 1.97 bits per heavy atom. The fourth-order valence-electron chi connectivity index (χ4n) is 3.02. The van der Waals surface area contributed by atoms with Crippen LogP contribution >= 0.6 is 0 Å². The number of ether oxygens (including phenoxy) is 2. The summed E-state index contributed by atoms with van der Waals surface area (Å²) in [6.45, 7) is 3.94. The lowest BCUT2D eigenvalue weighted by molar-refractivity contribution is 0.0600. The largest absolute Gasteiger partial charge is 0.495 e. The van der Waals surface area contributed by atoms with E-state index in [1.165, 1.54) is 7.11 Å². The van der Waals surface area contributed by atoms with Crippen LogP contribution in [-0.2, 0) is 4.74 Å². The van der Waals surface area contributed by atoms with Gasteiger partial charge in [0.2, 0.25) is 5.95 Å². The third-order valence-electron chi connectivity index (χ3n) is 4.88. The molecule has 2 heterocycles. The summed E-state index contributed by atoms with van der Waals surface area (Å²) in [6.07, 6.45) is 3.40. The van der Waals surface area contributed by atoms with E-state index in [9.17, 15) is 9.90 Å². The van der Waals surface area contributed by atoms with Crippen molar-refractivity contribution in [3.63, 3.8) is 0 Å². The molecule has 3 rings (SSSR count). The van der Waals surface area contributed by atoms with E-state index in [0.717, 1.165) is 5.56 Å². The number of esters is 1. The monoisotopic (exact) mass is 437 g/mol. The maximum absolute atomic E-state index is 12.0. The van der Waals surface area contributed by atoms with Gasteiger partial charge in [0.25, 0.3) is 0 Å². The smallest absolute Gasteiger partial charge is 0.337 e. The third kappa shape index (κ3) is 5.50. The number of aromatic nitrogens is 3. The van der Waals surface area contributed by atoms with Crippen LogP contribution in [0.1, 0.15) is 24.2 Å². The maximum atomic E-state index is 12.0. The van der Waals surface area contributed by atoms with Crippen molar-refractivity contribution in [3.05, 3.63) is 54.4 Å². The van der Waals surface area contributed by atoms with Gasteiger partial charge in [0.15, 0.2) is 0 Å². The van der Waals surface area contributed by atoms with Gasteiger partial charge in [-0.1, -0.05) is 13.8 Å². The Kier molecular flexibility index (Phi) is 7.56. The van der Waals surface area contributed by atoms with Crippen molar-refractivity contribution < 1.29 is 19.4 Å². The zero-order valence-electron chi connectivity index (χ0n) is 18.5. The highest BCUT2D eigenvalue weighted by molar-refractivity contribution is 5.91. The molecule has 32 heavy (non-hydrogen) atoms. The quantitative estimate of drug-likeness (QED) is 0.432. The Balaban J connectivity index is 2.03. The molecule has 1 aromatic carbocycles. The minimum Gasteiger partial charge on any atom is -0.495 e. The summed E-state index contributed by atoms with van der Waals surface area (Å²) in [4.78, 5) is 25.3. The van der Waals surface area contributed by atoms with Crippen molar-refractivity contribution >= 4 is 23.4 Å². The molecule has 0 unspecified atom stereocenters. The molecule has 0 radical (unpaired) electrons. The Labute approximate surface area is 186 Å². The summed E-state index contributed by atoms with van der Waals surface area (Å²) in [5.74, 6) is 1.06. The second-order valence-corrected chi connectivity index (χ2v) is 7.41. The summed E-state index contributed by atoms with van der Waals surface area (Å²) in [6, 6.07) is 10.2. The number of carbonyl (C=O) groups excluding carboxylic acids is 1. The van der Waals surface area contributed by atoms with Gasteiger partial charge in [-0.25, -0.2) is 9.78 Å². The van der Waals surface area contributed by atoms with Crippen molar-refractivity contribution in [2.24, 2.45) is 5.92 Å². The van der Waals surface area contributed by atoms with E-state index >= 15 is 0 Å². The molecule has 9 nitrogen and oxygen atoms in total. The van der Waals surface area contributed by atoms with Crippen LogP contribution < -0.4 is 15.4 Å². The van der Waals surface area contributed by atoms with E-state index in [-0.39, 0.29) is 18.6 Å². The molecule has 0 saturated heterocycles. The van der Waals surface area contributed by atoms with Crippen molar-refractivity contribution in [2.45, 2.75) is 19.9 Å². The second kappa shape index (κ2) is 10.5. The molecule has 0 aliphatic rings. The van der Waals surface area contributed by atoms with Gasteiger partial charge >= 0.3 is 5.97 Å². The molecule has 3 N–H and O–H groups in total. The molecule has 0 fully saturated rings. The third-order valence-corrected chi connectivity index (χ3v) is 4.88. The number of carbonyl (C=O) groups is 1. The van der Waals surface area contributed by atoms with E-state index in [0.29, 0.717) is 34.5 Å². The number of rotatable bonds is 9. The summed E-state index contributed by atoms with van der Waals surface area (Å²) in [7, 11) is 2.87. The van der Waals surface area contributed by atoms with E-state index in [1.54, 1.807) is 43.8 Å². The van der Waals surface area contributed by atoms with Crippen molar-refractivity contribution in [1.29, 1.82) is 0 Å². The number of aliphatic hydroxyl groups is 1. The van der Waals surface area contributed by atoms with Crippen LogP contribution in [0.4, 0.5) is 17.5 Å². The van der Waals surface area contributed by atoms with Crippen LogP contribution in [0.5, 0.6) is 5.75 Å².